The Morgan fingerprint density at radius 2 is 1.98 bits per heavy atom. The number of amides is 3. The number of aromatic nitrogens is 2. The number of sulfone groups is 1. The van der Waals surface area contributed by atoms with Gasteiger partial charge in [0.1, 0.15) is 11.2 Å². The molecule has 40 heavy (non-hydrogen) atoms. The molecule has 1 fully saturated rings. The second-order valence-corrected chi connectivity index (χ2v) is 14.9. The Labute approximate surface area is 241 Å². The minimum absolute atomic E-state index is 0.0546. The normalized spacial score (nSPS) is 20.5. The Balaban J connectivity index is 1.81. The van der Waals surface area contributed by atoms with Gasteiger partial charge in [-0.2, -0.15) is 0 Å². The summed E-state index contributed by atoms with van der Waals surface area (Å²) in [6.07, 6.45) is 4.82. The number of aliphatic hydroxyl groups excluding tert-OH is 1. The summed E-state index contributed by atoms with van der Waals surface area (Å²) in [4.78, 5) is 32.4. The summed E-state index contributed by atoms with van der Waals surface area (Å²) < 4.78 is 26.3. The molecule has 0 spiro atoms. The van der Waals surface area contributed by atoms with Gasteiger partial charge in [0.15, 0.2) is 9.84 Å². The quantitative estimate of drug-likeness (QED) is 0.288. The van der Waals surface area contributed by atoms with Gasteiger partial charge in [-0.05, 0) is 38.2 Å². The summed E-state index contributed by atoms with van der Waals surface area (Å²) in [5, 5.41) is 17.2. The minimum Gasteiger partial charge on any atom is -0.389 e. The van der Waals surface area contributed by atoms with Gasteiger partial charge in [0.2, 0.25) is 5.91 Å². The van der Waals surface area contributed by atoms with Crippen LogP contribution >= 0.6 is 11.8 Å². The van der Waals surface area contributed by atoms with Crippen molar-refractivity contribution in [2.75, 3.05) is 29.7 Å². The highest BCUT2D eigenvalue weighted by molar-refractivity contribution is 8.13. The summed E-state index contributed by atoms with van der Waals surface area (Å²) >= 11 is 1.10. The van der Waals surface area contributed by atoms with Crippen molar-refractivity contribution in [1.82, 2.24) is 25.1 Å². The molecule has 1 aliphatic rings. The summed E-state index contributed by atoms with van der Waals surface area (Å²) in [6.45, 7) is 8.13. The molecule has 222 valence electrons. The van der Waals surface area contributed by atoms with E-state index in [1.54, 1.807) is 28.2 Å². The van der Waals surface area contributed by atoms with Crippen LogP contribution in [-0.2, 0) is 26.7 Å². The predicted molar refractivity (Wildman–Crippen MR) is 157 cm³/mol. The third-order valence-electron chi connectivity index (χ3n) is 6.87. The average Bonchev–Trinajstić information content (AvgIpc) is 3.42. The molecule has 3 amide bonds. The summed E-state index contributed by atoms with van der Waals surface area (Å²) in [7, 11) is -3.49. The lowest BCUT2D eigenvalue weighted by atomic mass is 9.98. The molecule has 3 rings (SSSR count). The van der Waals surface area contributed by atoms with E-state index in [-0.39, 0.29) is 29.8 Å². The first-order valence-electron chi connectivity index (χ1n) is 13.4. The molecule has 5 N–H and O–H groups in total. The Morgan fingerprint density at radius 1 is 1.27 bits per heavy atom. The van der Waals surface area contributed by atoms with Crippen LogP contribution in [0.1, 0.15) is 39.7 Å². The van der Waals surface area contributed by atoms with Crippen LogP contribution in [0.3, 0.4) is 0 Å². The highest BCUT2D eigenvalue weighted by Gasteiger charge is 2.43. The van der Waals surface area contributed by atoms with Gasteiger partial charge in [-0.25, -0.2) is 18.2 Å². The Bertz CT molecular complexity index is 1220. The number of hydrogen-bond donors (Lipinski definition) is 4. The first-order valence-corrected chi connectivity index (χ1v) is 16.3. The highest BCUT2D eigenvalue weighted by Crippen LogP contribution is 2.24. The van der Waals surface area contributed by atoms with Crippen molar-refractivity contribution in [3.8, 4) is 0 Å². The Hall–Kier alpha value is -2.61. The molecule has 1 aromatic heterocycles. The molecule has 3 unspecified atom stereocenters. The van der Waals surface area contributed by atoms with E-state index in [4.69, 9.17) is 5.73 Å². The van der Waals surface area contributed by atoms with Gasteiger partial charge >= 0.3 is 6.03 Å². The number of nitrogens with one attached hydrogen (secondary N) is 2. The molecular weight excluding hydrogens is 552 g/mol. The van der Waals surface area contributed by atoms with Crippen molar-refractivity contribution in [3.05, 3.63) is 54.6 Å². The zero-order valence-electron chi connectivity index (χ0n) is 23.6. The van der Waals surface area contributed by atoms with Gasteiger partial charge in [-0.1, -0.05) is 44.2 Å². The van der Waals surface area contributed by atoms with E-state index in [0.717, 1.165) is 17.3 Å². The highest BCUT2D eigenvalue weighted by atomic mass is 32.3. The number of thioether (sulfide) groups is 1. The van der Waals surface area contributed by atoms with Crippen LogP contribution in [0, 0.1) is 5.92 Å². The zero-order valence-corrected chi connectivity index (χ0v) is 25.2. The number of carbonyl (C=O) groups is 2. The topological polar surface area (TPSA) is 160 Å². The average molecular weight is 595 g/mol. The van der Waals surface area contributed by atoms with Crippen molar-refractivity contribution in [2.24, 2.45) is 11.7 Å². The summed E-state index contributed by atoms with van der Waals surface area (Å²) in [5.74, 6) is -0.628. The van der Waals surface area contributed by atoms with Crippen LogP contribution in [0.4, 0.5) is 4.79 Å². The van der Waals surface area contributed by atoms with Gasteiger partial charge in [0.05, 0.1) is 35.9 Å². The van der Waals surface area contributed by atoms with Crippen molar-refractivity contribution >= 4 is 33.5 Å². The number of imidazole rings is 1. The summed E-state index contributed by atoms with van der Waals surface area (Å²) in [6, 6.07) is 8.15. The monoisotopic (exact) mass is 594 g/mol. The maximum atomic E-state index is 13.5. The number of nitrogens with zero attached hydrogens (tertiary/aromatic N) is 3. The standard InChI is InChI=1S/C27H42N6O5S2/c1-20(2)10-12-32(25(36)31-26(3,4)33-13-11-29-18-33)15-23(34)22(14-21-8-6-5-7-9-21)30-24(35)27(28)16-39-19-40(37,38)17-27/h5-9,11,13,18,20,22-23,34H,10,12,14-17,19,28H2,1-4H3,(H,30,35)(H,31,36). The van der Waals surface area contributed by atoms with Crippen molar-refractivity contribution in [2.45, 2.75) is 63.9 Å². The number of benzene rings is 1. The summed E-state index contributed by atoms with van der Waals surface area (Å²) in [5.41, 5.74) is 4.77. The van der Waals surface area contributed by atoms with Crippen LogP contribution in [0.15, 0.2) is 49.1 Å². The molecule has 2 heterocycles. The van der Waals surface area contributed by atoms with Gasteiger partial charge in [0, 0.05) is 24.7 Å². The van der Waals surface area contributed by atoms with Crippen molar-refractivity contribution in [1.29, 1.82) is 0 Å². The van der Waals surface area contributed by atoms with E-state index in [9.17, 15) is 23.1 Å². The zero-order chi connectivity index (χ0) is 29.6. The largest absolute Gasteiger partial charge is 0.389 e. The fourth-order valence-corrected chi connectivity index (χ4v) is 7.89. The fourth-order valence-electron chi connectivity index (χ4n) is 4.46. The first kappa shape index (κ1) is 31.9. The predicted octanol–water partition coefficient (Wildman–Crippen LogP) is 1.54. The lowest BCUT2D eigenvalue weighted by Crippen LogP contribution is -2.65. The third kappa shape index (κ3) is 8.95. The lowest BCUT2D eigenvalue weighted by Gasteiger charge is -2.36. The molecule has 0 radical (unpaired) electrons. The van der Waals surface area contributed by atoms with E-state index in [1.165, 1.54) is 0 Å². The fraction of sp³-hybridized carbons (Fsp3) is 0.593. The van der Waals surface area contributed by atoms with Gasteiger partial charge in [-0.3, -0.25) is 4.79 Å². The smallest absolute Gasteiger partial charge is 0.319 e. The second-order valence-electron chi connectivity index (χ2n) is 11.4. The van der Waals surface area contributed by atoms with E-state index in [0.29, 0.717) is 18.9 Å². The number of hydrogen-bond acceptors (Lipinski definition) is 8. The van der Waals surface area contributed by atoms with Crippen LogP contribution in [0.5, 0.6) is 0 Å². The molecule has 0 bridgehead atoms. The van der Waals surface area contributed by atoms with E-state index in [1.807, 2.05) is 44.2 Å². The lowest BCUT2D eigenvalue weighted by molar-refractivity contribution is -0.126. The molecule has 2 aromatic rings. The maximum Gasteiger partial charge on any atom is 0.319 e. The molecule has 11 nitrogen and oxygen atoms in total. The molecule has 13 heteroatoms. The van der Waals surface area contributed by atoms with Crippen molar-refractivity contribution in [3.63, 3.8) is 0 Å². The molecular formula is C27H42N6O5S2. The third-order valence-corrected chi connectivity index (χ3v) is 10.6. The van der Waals surface area contributed by atoms with Crippen LogP contribution in [0.2, 0.25) is 0 Å². The number of aliphatic hydroxyl groups is 1. The molecule has 0 aliphatic carbocycles. The van der Waals surface area contributed by atoms with Gasteiger partial charge in [-0.15, -0.1) is 11.8 Å². The SMILES string of the molecule is CC(C)CCN(CC(O)C(Cc1ccccc1)NC(=O)C1(N)CSCS(=O)(=O)C1)C(=O)NC(C)(C)n1ccnc1. The van der Waals surface area contributed by atoms with Crippen LogP contribution in [0.25, 0.3) is 0 Å². The molecule has 1 saturated heterocycles. The number of nitrogens with two attached hydrogens (primary N) is 1. The van der Waals surface area contributed by atoms with Crippen LogP contribution in [-0.4, -0.2) is 87.3 Å². The van der Waals surface area contributed by atoms with Gasteiger partial charge < -0.3 is 30.9 Å². The van der Waals surface area contributed by atoms with Crippen LogP contribution < -0.4 is 16.4 Å². The second kappa shape index (κ2) is 13.4. The molecule has 0 saturated carbocycles. The van der Waals surface area contributed by atoms with E-state index in [2.05, 4.69) is 29.5 Å². The van der Waals surface area contributed by atoms with E-state index >= 15 is 0 Å². The Kier molecular flexibility index (Phi) is 10.7. The van der Waals surface area contributed by atoms with Crippen molar-refractivity contribution < 1.29 is 23.1 Å². The molecule has 1 aromatic carbocycles. The molecule has 1 aliphatic heterocycles. The first-order chi connectivity index (χ1) is 18.7. The number of urea groups is 1. The molecule has 3 atom stereocenters. The van der Waals surface area contributed by atoms with E-state index < -0.39 is 44.8 Å². The van der Waals surface area contributed by atoms with Gasteiger partial charge in [0.25, 0.3) is 0 Å². The Morgan fingerprint density at radius 3 is 2.58 bits per heavy atom. The number of rotatable bonds is 12. The maximum absolute atomic E-state index is 13.5. The number of carbonyl (C=O) groups excluding carboxylic acids is 2. The minimum atomic E-state index is -3.49.